The van der Waals surface area contributed by atoms with E-state index >= 15 is 0 Å². The van der Waals surface area contributed by atoms with Crippen molar-refractivity contribution in [3.05, 3.63) is 58.1 Å². The van der Waals surface area contributed by atoms with E-state index in [2.05, 4.69) is 4.72 Å². The molecule has 1 N–H and O–H groups in total. The molecule has 0 saturated carbocycles. The second-order valence-electron chi connectivity index (χ2n) is 3.92. The third kappa shape index (κ3) is 3.30. The number of hydrogen-bond donors (Lipinski definition) is 1. The lowest BCUT2D eigenvalue weighted by molar-refractivity contribution is 0.112. The Morgan fingerprint density at radius 3 is 2.15 bits per heavy atom. The molecule has 0 bridgehead atoms. The Kier molecular flexibility index (Phi) is 4.32. The molecule has 0 fully saturated rings. The van der Waals surface area contributed by atoms with Gasteiger partial charge in [-0.25, -0.2) is 8.42 Å². The van der Waals surface area contributed by atoms with Crippen LogP contribution in [-0.4, -0.2) is 14.7 Å². The molecule has 0 atom stereocenters. The maximum Gasteiger partial charge on any atom is 0.261 e. The summed E-state index contributed by atoms with van der Waals surface area (Å²) in [5, 5.41) is 0.591. The van der Waals surface area contributed by atoms with Crippen molar-refractivity contribution in [2.75, 3.05) is 4.72 Å². The monoisotopic (exact) mass is 329 g/mol. The minimum absolute atomic E-state index is 0.0502. The van der Waals surface area contributed by atoms with Gasteiger partial charge in [-0.2, -0.15) is 0 Å². The summed E-state index contributed by atoms with van der Waals surface area (Å²) in [7, 11) is -3.74. The molecule has 0 radical (unpaired) electrons. The van der Waals surface area contributed by atoms with Crippen LogP contribution in [0.2, 0.25) is 10.0 Å². The maximum atomic E-state index is 12.1. The van der Waals surface area contributed by atoms with Gasteiger partial charge in [0.05, 0.1) is 20.6 Å². The van der Waals surface area contributed by atoms with Crippen molar-refractivity contribution in [2.45, 2.75) is 4.90 Å². The van der Waals surface area contributed by atoms with Crippen molar-refractivity contribution in [2.24, 2.45) is 0 Å². The largest absolute Gasteiger partial charge is 0.298 e. The van der Waals surface area contributed by atoms with E-state index in [1.165, 1.54) is 42.5 Å². The average molecular weight is 330 g/mol. The minimum Gasteiger partial charge on any atom is -0.298 e. The number of aldehydes is 1. The van der Waals surface area contributed by atoms with Gasteiger partial charge in [-0.1, -0.05) is 35.3 Å². The van der Waals surface area contributed by atoms with Crippen LogP contribution in [-0.2, 0) is 10.0 Å². The molecule has 0 saturated heterocycles. The number of sulfonamides is 1. The Balaban J connectivity index is 2.29. The van der Waals surface area contributed by atoms with Gasteiger partial charge in [-0.3, -0.25) is 9.52 Å². The maximum absolute atomic E-state index is 12.1. The third-order valence-electron chi connectivity index (χ3n) is 2.50. The Bertz CT molecular complexity index is 743. The number of hydrogen-bond acceptors (Lipinski definition) is 3. The number of nitrogens with one attached hydrogen (secondary N) is 1. The lowest BCUT2D eigenvalue weighted by atomic mass is 10.2. The zero-order valence-electron chi connectivity index (χ0n) is 10.0. The van der Waals surface area contributed by atoms with Crippen molar-refractivity contribution < 1.29 is 13.2 Å². The molecule has 7 heteroatoms. The summed E-state index contributed by atoms with van der Waals surface area (Å²) in [5.74, 6) is 0. The molecule has 0 spiro atoms. The van der Waals surface area contributed by atoms with Gasteiger partial charge in [0, 0.05) is 5.56 Å². The highest BCUT2D eigenvalue weighted by Crippen LogP contribution is 2.26. The molecule has 0 heterocycles. The normalized spacial score (nSPS) is 11.1. The molecule has 0 aliphatic carbocycles. The van der Waals surface area contributed by atoms with Crippen molar-refractivity contribution in [1.29, 1.82) is 0 Å². The first-order chi connectivity index (χ1) is 9.42. The minimum atomic E-state index is -3.74. The van der Waals surface area contributed by atoms with Crippen LogP contribution in [0.3, 0.4) is 0 Å². The number of anilines is 1. The zero-order chi connectivity index (χ0) is 14.8. The van der Waals surface area contributed by atoms with Crippen molar-refractivity contribution in [3.63, 3.8) is 0 Å². The van der Waals surface area contributed by atoms with Crippen LogP contribution in [0.1, 0.15) is 10.4 Å². The van der Waals surface area contributed by atoms with Crippen LogP contribution < -0.4 is 4.72 Å². The zero-order valence-corrected chi connectivity index (χ0v) is 12.3. The van der Waals surface area contributed by atoms with Gasteiger partial charge in [0.15, 0.2) is 0 Å². The van der Waals surface area contributed by atoms with E-state index in [0.29, 0.717) is 22.6 Å². The number of benzene rings is 2. The fourth-order valence-corrected chi connectivity index (χ4v) is 2.85. The van der Waals surface area contributed by atoms with Gasteiger partial charge in [0.25, 0.3) is 10.0 Å². The Labute approximate surface area is 126 Å². The van der Waals surface area contributed by atoms with Gasteiger partial charge in [-0.15, -0.1) is 0 Å². The summed E-state index contributed by atoms with van der Waals surface area (Å²) in [6.07, 6.45) is 0.642. The molecule has 20 heavy (non-hydrogen) atoms. The van der Waals surface area contributed by atoms with E-state index in [9.17, 15) is 13.2 Å². The molecule has 0 unspecified atom stereocenters. The Morgan fingerprint density at radius 1 is 0.950 bits per heavy atom. The van der Waals surface area contributed by atoms with Crippen LogP contribution in [0, 0.1) is 0 Å². The molecule has 0 amide bonds. The van der Waals surface area contributed by atoms with Crippen LogP contribution in [0.15, 0.2) is 47.4 Å². The first kappa shape index (κ1) is 14.8. The highest BCUT2D eigenvalue weighted by Gasteiger charge is 2.14. The fourth-order valence-electron chi connectivity index (χ4n) is 1.50. The predicted molar refractivity (Wildman–Crippen MR) is 79.1 cm³/mol. The first-order valence-electron chi connectivity index (χ1n) is 5.45. The highest BCUT2D eigenvalue weighted by atomic mass is 35.5. The molecule has 104 valence electrons. The van der Waals surface area contributed by atoms with E-state index in [1.807, 2.05) is 0 Å². The van der Waals surface area contributed by atoms with Crippen LogP contribution >= 0.6 is 23.2 Å². The van der Waals surface area contributed by atoms with Crippen molar-refractivity contribution >= 4 is 45.2 Å². The molecule has 2 rings (SSSR count). The molecular weight excluding hydrogens is 321 g/mol. The molecule has 0 aromatic heterocycles. The number of carbonyl (C=O) groups excluding carboxylic acids is 1. The van der Waals surface area contributed by atoms with E-state index in [-0.39, 0.29) is 9.92 Å². The number of carbonyl (C=O) groups is 1. The second kappa shape index (κ2) is 5.83. The fraction of sp³-hybridized carbons (Fsp3) is 0. The van der Waals surface area contributed by atoms with Crippen LogP contribution in [0.25, 0.3) is 0 Å². The molecule has 0 aliphatic heterocycles. The molecule has 4 nitrogen and oxygen atoms in total. The van der Waals surface area contributed by atoms with Gasteiger partial charge >= 0.3 is 0 Å². The summed E-state index contributed by atoms with van der Waals surface area (Å²) in [6, 6.07) is 9.98. The summed E-state index contributed by atoms with van der Waals surface area (Å²) < 4.78 is 26.6. The smallest absolute Gasteiger partial charge is 0.261 e. The first-order valence-corrected chi connectivity index (χ1v) is 7.69. The van der Waals surface area contributed by atoms with Gasteiger partial charge < -0.3 is 0 Å². The van der Waals surface area contributed by atoms with E-state index in [4.69, 9.17) is 23.2 Å². The van der Waals surface area contributed by atoms with Crippen molar-refractivity contribution in [1.82, 2.24) is 0 Å². The Morgan fingerprint density at radius 2 is 1.60 bits per heavy atom. The second-order valence-corrected chi connectivity index (χ2v) is 6.42. The molecule has 2 aromatic rings. The van der Waals surface area contributed by atoms with E-state index in [0.717, 1.165) is 0 Å². The molecule has 0 aliphatic rings. The quantitative estimate of drug-likeness (QED) is 0.871. The molecular formula is C13H9Cl2NO3S. The average Bonchev–Trinajstić information content (AvgIpc) is 2.43. The lowest BCUT2D eigenvalue weighted by Crippen LogP contribution is -2.12. The Hall–Kier alpha value is -1.56. The van der Waals surface area contributed by atoms with E-state index < -0.39 is 10.0 Å². The summed E-state index contributed by atoms with van der Waals surface area (Å²) in [5.41, 5.74) is 0.706. The molecule has 2 aromatic carbocycles. The van der Waals surface area contributed by atoms with E-state index in [1.54, 1.807) is 0 Å². The summed E-state index contributed by atoms with van der Waals surface area (Å²) in [6.45, 7) is 0. The van der Waals surface area contributed by atoms with Gasteiger partial charge in [0.2, 0.25) is 0 Å². The highest BCUT2D eigenvalue weighted by molar-refractivity contribution is 7.92. The number of halogens is 2. The third-order valence-corrected chi connectivity index (χ3v) is 4.63. The summed E-state index contributed by atoms with van der Waals surface area (Å²) >= 11 is 11.6. The topological polar surface area (TPSA) is 63.2 Å². The SMILES string of the molecule is O=Cc1ccc(S(=O)(=O)Nc2ccc(Cl)c(Cl)c2)cc1. The standard InChI is InChI=1S/C13H9Cl2NO3S/c14-12-6-3-10(7-13(12)15)16-20(18,19)11-4-1-9(8-17)2-5-11/h1-8,16H. The van der Waals surface area contributed by atoms with Gasteiger partial charge in [0.1, 0.15) is 6.29 Å². The van der Waals surface area contributed by atoms with Gasteiger partial charge in [-0.05, 0) is 30.3 Å². The lowest BCUT2D eigenvalue weighted by Gasteiger charge is -2.09. The van der Waals surface area contributed by atoms with Crippen LogP contribution in [0.4, 0.5) is 5.69 Å². The predicted octanol–water partition coefficient (Wildman–Crippen LogP) is 3.61. The van der Waals surface area contributed by atoms with Crippen LogP contribution in [0.5, 0.6) is 0 Å². The summed E-state index contributed by atoms with van der Waals surface area (Å²) in [4.78, 5) is 10.6. The van der Waals surface area contributed by atoms with Crippen molar-refractivity contribution in [3.8, 4) is 0 Å². The number of rotatable bonds is 4.